The Kier molecular flexibility index (Phi) is 4.30. The first-order chi connectivity index (χ1) is 7.19. The summed E-state index contributed by atoms with van der Waals surface area (Å²) < 4.78 is 10.2. The molecule has 0 aliphatic carbocycles. The minimum absolute atomic E-state index is 0.187. The third-order valence-electron chi connectivity index (χ3n) is 1.61. The molecule has 1 rings (SSSR count). The molecule has 4 nitrogen and oxygen atoms in total. The highest BCUT2D eigenvalue weighted by Gasteiger charge is 2.14. The minimum Gasteiger partial charge on any atom is -0.462 e. The van der Waals surface area contributed by atoms with Crippen molar-refractivity contribution >= 4 is 28.4 Å². The molecule has 0 radical (unpaired) electrons. The fraction of sp³-hybridized carbons (Fsp3) is 0.200. The van der Waals surface area contributed by atoms with Crippen LogP contribution in [-0.2, 0) is 9.53 Å². The highest BCUT2D eigenvalue weighted by Crippen LogP contribution is 2.23. The van der Waals surface area contributed by atoms with Gasteiger partial charge in [0.25, 0.3) is 6.47 Å². The maximum Gasteiger partial charge on any atom is 0.341 e. The van der Waals surface area contributed by atoms with Crippen LogP contribution in [0.1, 0.15) is 17.3 Å². The summed E-state index contributed by atoms with van der Waals surface area (Å²) in [7, 11) is 0. The van der Waals surface area contributed by atoms with Crippen molar-refractivity contribution in [1.82, 2.24) is 0 Å². The van der Waals surface area contributed by atoms with Crippen molar-refractivity contribution in [1.29, 1.82) is 0 Å². The number of esters is 1. The third-order valence-corrected chi connectivity index (χ3v) is 2.11. The molecular weight excluding hydrogens is 264 g/mol. The van der Waals surface area contributed by atoms with Gasteiger partial charge in [-0.15, -0.1) is 0 Å². The molecule has 15 heavy (non-hydrogen) atoms. The van der Waals surface area contributed by atoms with E-state index in [0.717, 1.165) is 0 Å². The Morgan fingerprint density at radius 2 is 2.27 bits per heavy atom. The van der Waals surface area contributed by atoms with Crippen LogP contribution in [0.5, 0.6) is 5.75 Å². The zero-order valence-corrected chi connectivity index (χ0v) is 9.61. The zero-order valence-electron chi connectivity index (χ0n) is 8.03. The highest BCUT2D eigenvalue weighted by atomic mass is 79.9. The Morgan fingerprint density at radius 3 is 2.87 bits per heavy atom. The summed E-state index contributed by atoms with van der Waals surface area (Å²) in [5, 5.41) is 0. The van der Waals surface area contributed by atoms with Crippen molar-refractivity contribution in [3.63, 3.8) is 0 Å². The summed E-state index contributed by atoms with van der Waals surface area (Å²) in [4.78, 5) is 21.7. The molecule has 1 aromatic rings. The molecule has 80 valence electrons. The average molecular weight is 273 g/mol. The Bertz CT molecular complexity index is 376. The molecule has 0 aliphatic heterocycles. The van der Waals surface area contributed by atoms with Gasteiger partial charge in [0.15, 0.2) is 0 Å². The van der Waals surface area contributed by atoms with Crippen LogP contribution in [0.2, 0.25) is 0 Å². The van der Waals surface area contributed by atoms with Crippen LogP contribution in [0.4, 0.5) is 0 Å². The second kappa shape index (κ2) is 5.50. The van der Waals surface area contributed by atoms with Gasteiger partial charge in [-0.2, -0.15) is 0 Å². The molecule has 0 aliphatic rings. The second-order valence-electron chi connectivity index (χ2n) is 2.58. The molecule has 0 unspecified atom stereocenters. The monoisotopic (exact) mass is 272 g/mol. The van der Waals surface area contributed by atoms with Gasteiger partial charge in [0.05, 0.1) is 6.61 Å². The van der Waals surface area contributed by atoms with Crippen LogP contribution in [0, 0.1) is 0 Å². The lowest BCUT2D eigenvalue weighted by atomic mass is 10.2. The van der Waals surface area contributed by atoms with E-state index < -0.39 is 5.97 Å². The van der Waals surface area contributed by atoms with Gasteiger partial charge in [0.1, 0.15) is 11.3 Å². The predicted octanol–water partition coefficient (Wildman–Crippen LogP) is 2.16. The predicted molar refractivity (Wildman–Crippen MR) is 56.8 cm³/mol. The maximum atomic E-state index is 11.5. The number of halogens is 1. The molecule has 0 saturated heterocycles. The fourth-order valence-electron chi connectivity index (χ4n) is 1.03. The molecule has 0 amide bonds. The minimum atomic E-state index is -0.518. The quantitative estimate of drug-likeness (QED) is 0.623. The highest BCUT2D eigenvalue weighted by molar-refractivity contribution is 9.10. The van der Waals surface area contributed by atoms with E-state index in [4.69, 9.17) is 4.74 Å². The van der Waals surface area contributed by atoms with Crippen molar-refractivity contribution in [3.05, 3.63) is 28.2 Å². The van der Waals surface area contributed by atoms with Crippen LogP contribution in [0.25, 0.3) is 0 Å². The van der Waals surface area contributed by atoms with Gasteiger partial charge in [-0.1, -0.05) is 15.9 Å². The third kappa shape index (κ3) is 3.06. The molecule has 1 aromatic carbocycles. The van der Waals surface area contributed by atoms with E-state index in [9.17, 15) is 9.59 Å². The molecule has 0 atom stereocenters. The van der Waals surface area contributed by atoms with Gasteiger partial charge in [-0.3, -0.25) is 4.79 Å². The average Bonchev–Trinajstić information content (AvgIpc) is 2.21. The lowest BCUT2D eigenvalue weighted by Crippen LogP contribution is -2.07. The smallest absolute Gasteiger partial charge is 0.341 e. The van der Waals surface area contributed by atoms with E-state index in [1.807, 2.05) is 0 Å². The van der Waals surface area contributed by atoms with Crippen molar-refractivity contribution in [3.8, 4) is 5.75 Å². The van der Waals surface area contributed by atoms with Gasteiger partial charge in [-0.05, 0) is 25.1 Å². The topological polar surface area (TPSA) is 52.6 Å². The van der Waals surface area contributed by atoms with E-state index in [1.165, 1.54) is 12.1 Å². The van der Waals surface area contributed by atoms with Gasteiger partial charge in [-0.25, -0.2) is 4.79 Å². The Balaban J connectivity index is 3.05. The van der Waals surface area contributed by atoms with E-state index in [1.54, 1.807) is 13.0 Å². The van der Waals surface area contributed by atoms with E-state index >= 15 is 0 Å². The largest absolute Gasteiger partial charge is 0.462 e. The maximum absolute atomic E-state index is 11.5. The summed E-state index contributed by atoms with van der Waals surface area (Å²) in [6.45, 7) is 2.24. The van der Waals surface area contributed by atoms with Crippen molar-refractivity contribution in [2.75, 3.05) is 6.61 Å². The number of benzene rings is 1. The number of ether oxygens (including phenoxy) is 2. The van der Waals surface area contributed by atoms with Crippen LogP contribution in [-0.4, -0.2) is 19.0 Å². The SMILES string of the molecule is CCOC(=O)c1cc(Br)ccc1OC=O. The first kappa shape index (κ1) is 11.7. The molecule has 0 saturated carbocycles. The lowest BCUT2D eigenvalue weighted by molar-refractivity contribution is -0.120. The Morgan fingerprint density at radius 1 is 1.53 bits per heavy atom. The Hall–Kier alpha value is -1.36. The first-order valence-corrected chi connectivity index (χ1v) is 5.05. The Labute approximate surface area is 95.3 Å². The fourth-order valence-corrected chi connectivity index (χ4v) is 1.39. The first-order valence-electron chi connectivity index (χ1n) is 4.26. The molecule has 0 N–H and O–H groups in total. The summed E-state index contributed by atoms with van der Waals surface area (Å²) in [5.74, 6) is -0.331. The summed E-state index contributed by atoms with van der Waals surface area (Å²) in [6, 6.07) is 4.73. The van der Waals surface area contributed by atoms with Gasteiger partial charge < -0.3 is 9.47 Å². The van der Waals surface area contributed by atoms with Crippen molar-refractivity contribution in [2.24, 2.45) is 0 Å². The number of carbonyl (C=O) groups is 2. The molecule has 5 heteroatoms. The normalized spacial score (nSPS) is 9.47. The molecule has 0 spiro atoms. The van der Waals surface area contributed by atoms with E-state index in [2.05, 4.69) is 20.7 Å². The van der Waals surface area contributed by atoms with Crippen molar-refractivity contribution < 1.29 is 19.1 Å². The standard InChI is InChI=1S/C10H9BrO4/c1-2-14-10(13)8-5-7(11)3-4-9(8)15-6-12/h3-6H,2H2,1H3. The van der Waals surface area contributed by atoms with E-state index in [0.29, 0.717) is 4.47 Å². The van der Waals surface area contributed by atoms with Crippen LogP contribution in [0.3, 0.4) is 0 Å². The van der Waals surface area contributed by atoms with Crippen molar-refractivity contribution in [2.45, 2.75) is 6.92 Å². The second-order valence-corrected chi connectivity index (χ2v) is 3.49. The number of hydrogen-bond acceptors (Lipinski definition) is 4. The number of carbonyl (C=O) groups excluding carboxylic acids is 2. The van der Waals surface area contributed by atoms with Crippen LogP contribution < -0.4 is 4.74 Å². The molecule has 0 fully saturated rings. The number of hydrogen-bond donors (Lipinski definition) is 0. The number of rotatable bonds is 4. The molecule has 0 bridgehead atoms. The van der Waals surface area contributed by atoms with Gasteiger partial charge >= 0.3 is 5.97 Å². The zero-order chi connectivity index (χ0) is 11.3. The summed E-state index contributed by atoms with van der Waals surface area (Å²) in [6.07, 6.45) is 0. The van der Waals surface area contributed by atoms with Gasteiger partial charge in [0.2, 0.25) is 0 Å². The molecule has 0 aromatic heterocycles. The van der Waals surface area contributed by atoms with E-state index in [-0.39, 0.29) is 24.4 Å². The van der Waals surface area contributed by atoms with Crippen LogP contribution >= 0.6 is 15.9 Å². The van der Waals surface area contributed by atoms with Gasteiger partial charge in [0, 0.05) is 4.47 Å². The summed E-state index contributed by atoms with van der Waals surface area (Å²) in [5.41, 5.74) is 0.221. The van der Waals surface area contributed by atoms with Crippen LogP contribution in [0.15, 0.2) is 22.7 Å². The molecule has 0 heterocycles. The molecular formula is C10H9BrO4. The summed E-state index contributed by atoms with van der Waals surface area (Å²) >= 11 is 3.22. The lowest BCUT2D eigenvalue weighted by Gasteiger charge is -2.06.